The molecule has 3 nitrogen and oxygen atoms in total. The number of nitrogens with one attached hydrogen (secondary N) is 1. The average molecular weight is 321 g/mol. The Morgan fingerprint density at radius 3 is 2.71 bits per heavy atom. The van der Waals surface area contributed by atoms with Gasteiger partial charge in [-0.3, -0.25) is 4.79 Å². The predicted molar refractivity (Wildman–Crippen MR) is 73.1 cm³/mol. The molecule has 0 fully saturated rings. The van der Waals surface area contributed by atoms with Crippen molar-refractivity contribution in [2.45, 2.75) is 25.8 Å². The highest BCUT2D eigenvalue weighted by Crippen LogP contribution is 2.24. The van der Waals surface area contributed by atoms with Gasteiger partial charge in [-0.25, -0.2) is 0 Å². The largest absolute Gasteiger partial charge is 0.506 e. The van der Waals surface area contributed by atoms with E-state index in [2.05, 4.69) is 21.2 Å². The molecule has 0 unspecified atom stereocenters. The monoisotopic (exact) mass is 319 g/mol. The Morgan fingerprint density at radius 2 is 2.18 bits per heavy atom. The number of hydrogen-bond donors (Lipinski definition) is 2. The molecule has 17 heavy (non-hydrogen) atoms. The molecule has 0 atom stereocenters. The Labute approximate surface area is 114 Å². The lowest BCUT2D eigenvalue weighted by atomic mass is 10.0. The number of benzene rings is 1. The maximum absolute atomic E-state index is 11.9. The van der Waals surface area contributed by atoms with E-state index in [0.717, 1.165) is 11.8 Å². The Kier molecular flexibility index (Phi) is 4.83. The summed E-state index contributed by atoms with van der Waals surface area (Å²) in [5.41, 5.74) is 0.153. The van der Waals surface area contributed by atoms with Crippen LogP contribution in [0.1, 0.15) is 30.6 Å². The molecule has 1 aromatic rings. The molecule has 1 aromatic carbocycles. The molecule has 0 heterocycles. The summed E-state index contributed by atoms with van der Waals surface area (Å²) in [5.74, 6) is -0.221. The Balaban J connectivity index is 2.80. The van der Waals surface area contributed by atoms with E-state index in [-0.39, 0.29) is 22.2 Å². The van der Waals surface area contributed by atoms with Crippen LogP contribution in [0, 0.1) is 0 Å². The summed E-state index contributed by atoms with van der Waals surface area (Å²) in [6, 6.07) is 4.41. The highest BCUT2D eigenvalue weighted by atomic mass is 79.9. The lowest BCUT2D eigenvalue weighted by Crippen LogP contribution is -2.43. The van der Waals surface area contributed by atoms with Crippen LogP contribution in [0.2, 0.25) is 5.02 Å². The number of phenolic OH excluding ortho intramolecular Hbond substituents is 1. The first-order chi connectivity index (χ1) is 7.85. The van der Waals surface area contributed by atoms with Gasteiger partial charge in [0.15, 0.2) is 0 Å². The average Bonchev–Trinajstić information content (AvgIpc) is 2.21. The van der Waals surface area contributed by atoms with Gasteiger partial charge in [-0.05, 0) is 38.5 Å². The van der Waals surface area contributed by atoms with Crippen molar-refractivity contribution in [3.05, 3.63) is 28.8 Å². The number of hydrogen-bond acceptors (Lipinski definition) is 2. The van der Waals surface area contributed by atoms with Crippen LogP contribution >= 0.6 is 27.5 Å². The van der Waals surface area contributed by atoms with E-state index < -0.39 is 0 Å². The highest BCUT2D eigenvalue weighted by molar-refractivity contribution is 9.09. The summed E-state index contributed by atoms with van der Waals surface area (Å²) in [6.45, 7) is 3.91. The van der Waals surface area contributed by atoms with Gasteiger partial charge in [-0.15, -0.1) is 0 Å². The molecule has 0 saturated carbocycles. The summed E-state index contributed by atoms with van der Waals surface area (Å²) in [4.78, 5) is 11.9. The van der Waals surface area contributed by atoms with E-state index in [1.165, 1.54) is 12.1 Å². The van der Waals surface area contributed by atoms with Gasteiger partial charge in [-0.2, -0.15) is 0 Å². The van der Waals surface area contributed by atoms with Gasteiger partial charge in [0.25, 0.3) is 5.91 Å². The number of alkyl halides is 1. The van der Waals surface area contributed by atoms with Crippen molar-refractivity contribution in [1.29, 1.82) is 0 Å². The Hall–Kier alpha value is -0.740. The van der Waals surface area contributed by atoms with E-state index in [1.54, 1.807) is 6.07 Å². The van der Waals surface area contributed by atoms with Gasteiger partial charge in [0.1, 0.15) is 5.75 Å². The van der Waals surface area contributed by atoms with Gasteiger partial charge < -0.3 is 10.4 Å². The van der Waals surface area contributed by atoms with Gasteiger partial charge in [0.05, 0.1) is 5.02 Å². The van der Waals surface area contributed by atoms with Crippen LogP contribution in [0.25, 0.3) is 0 Å². The molecule has 0 aliphatic heterocycles. The molecule has 0 aromatic heterocycles. The van der Waals surface area contributed by atoms with Crippen molar-refractivity contribution in [2.75, 3.05) is 5.33 Å². The number of amides is 1. The molecule has 2 N–H and O–H groups in total. The Bertz CT molecular complexity index is 421. The second kappa shape index (κ2) is 5.74. The molecular weight excluding hydrogens is 305 g/mol. The van der Waals surface area contributed by atoms with Gasteiger partial charge in [0.2, 0.25) is 0 Å². The molecule has 0 radical (unpaired) electrons. The molecule has 1 rings (SSSR count). The minimum absolute atomic E-state index is 0.0251. The number of aromatic hydroxyl groups is 1. The van der Waals surface area contributed by atoms with E-state index in [9.17, 15) is 9.90 Å². The number of halogens is 2. The zero-order chi connectivity index (χ0) is 13.1. The normalized spacial score (nSPS) is 11.3. The van der Waals surface area contributed by atoms with Crippen molar-refractivity contribution < 1.29 is 9.90 Å². The fourth-order valence-corrected chi connectivity index (χ4v) is 2.50. The molecule has 0 aliphatic carbocycles. The lowest BCUT2D eigenvalue weighted by Gasteiger charge is -2.25. The third-order valence-corrected chi connectivity index (χ3v) is 3.08. The zero-order valence-corrected chi connectivity index (χ0v) is 12.1. The van der Waals surface area contributed by atoms with Crippen molar-refractivity contribution in [3.8, 4) is 5.75 Å². The fourth-order valence-electron chi connectivity index (χ4n) is 1.33. The molecule has 0 saturated heterocycles. The summed E-state index contributed by atoms with van der Waals surface area (Å²) in [6.07, 6.45) is 0.824. The highest BCUT2D eigenvalue weighted by Gasteiger charge is 2.20. The quantitative estimate of drug-likeness (QED) is 0.836. The molecule has 5 heteroatoms. The third kappa shape index (κ3) is 4.21. The first-order valence-electron chi connectivity index (χ1n) is 5.23. The zero-order valence-electron chi connectivity index (χ0n) is 9.76. The maximum Gasteiger partial charge on any atom is 0.251 e. The maximum atomic E-state index is 11.9. The Morgan fingerprint density at radius 1 is 1.53 bits per heavy atom. The van der Waals surface area contributed by atoms with Crippen LogP contribution < -0.4 is 5.32 Å². The topological polar surface area (TPSA) is 49.3 Å². The molecule has 0 spiro atoms. The van der Waals surface area contributed by atoms with Crippen molar-refractivity contribution in [1.82, 2.24) is 5.32 Å². The SMILES string of the molecule is CC(C)(CCBr)NC(=O)c1ccc(O)c(Cl)c1. The van der Waals surface area contributed by atoms with Crippen molar-refractivity contribution in [3.63, 3.8) is 0 Å². The molecule has 0 bridgehead atoms. The number of rotatable bonds is 4. The molecule has 0 aliphatic rings. The first-order valence-corrected chi connectivity index (χ1v) is 6.72. The van der Waals surface area contributed by atoms with Crippen LogP contribution in [-0.4, -0.2) is 21.9 Å². The second-order valence-corrected chi connectivity index (χ2v) is 5.64. The molecule has 1 amide bonds. The summed E-state index contributed by atoms with van der Waals surface area (Å²) in [5, 5.41) is 13.2. The van der Waals surface area contributed by atoms with Gasteiger partial charge >= 0.3 is 0 Å². The minimum atomic E-state index is -0.287. The van der Waals surface area contributed by atoms with Crippen molar-refractivity contribution >= 4 is 33.4 Å². The predicted octanol–water partition coefficient (Wildman–Crippen LogP) is 3.34. The van der Waals surface area contributed by atoms with Gasteiger partial charge in [-0.1, -0.05) is 27.5 Å². The van der Waals surface area contributed by atoms with Gasteiger partial charge in [0, 0.05) is 16.4 Å². The number of carbonyl (C=O) groups excluding carboxylic acids is 1. The van der Waals surface area contributed by atoms with E-state index in [0.29, 0.717) is 5.56 Å². The fraction of sp³-hybridized carbons (Fsp3) is 0.417. The smallest absolute Gasteiger partial charge is 0.251 e. The van der Waals surface area contributed by atoms with Crippen LogP contribution in [0.4, 0.5) is 0 Å². The minimum Gasteiger partial charge on any atom is -0.506 e. The summed E-state index contributed by atoms with van der Waals surface area (Å²) < 4.78 is 0. The second-order valence-electron chi connectivity index (χ2n) is 4.44. The van der Waals surface area contributed by atoms with E-state index in [1.807, 2.05) is 13.8 Å². The first kappa shape index (κ1) is 14.3. The lowest BCUT2D eigenvalue weighted by molar-refractivity contribution is 0.0912. The third-order valence-electron chi connectivity index (χ3n) is 2.38. The number of carbonyl (C=O) groups is 1. The summed E-state index contributed by atoms with van der Waals surface area (Å²) in [7, 11) is 0. The van der Waals surface area contributed by atoms with Crippen LogP contribution in [-0.2, 0) is 0 Å². The number of phenols is 1. The molecule has 94 valence electrons. The van der Waals surface area contributed by atoms with Crippen LogP contribution in [0.3, 0.4) is 0 Å². The van der Waals surface area contributed by atoms with E-state index >= 15 is 0 Å². The van der Waals surface area contributed by atoms with Crippen LogP contribution in [0.5, 0.6) is 5.75 Å². The summed E-state index contributed by atoms with van der Waals surface area (Å²) >= 11 is 9.10. The standard InChI is InChI=1S/C12H15BrClNO2/c1-12(2,5-6-13)15-11(17)8-3-4-10(16)9(14)7-8/h3-4,7,16H,5-6H2,1-2H3,(H,15,17). The van der Waals surface area contributed by atoms with Crippen molar-refractivity contribution in [2.24, 2.45) is 0 Å². The van der Waals surface area contributed by atoms with Crippen LogP contribution in [0.15, 0.2) is 18.2 Å². The molecular formula is C12H15BrClNO2. The van der Waals surface area contributed by atoms with E-state index in [4.69, 9.17) is 11.6 Å².